The lowest BCUT2D eigenvalue weighted by atomic mass is 9.96. The van der Waals surface area contributed by atoms with Crippen molar-refractivity contribution in [2.45, 2.75) is 45.9 Å². The molecule has 0 saturated heterocycles. The quantitative estimate of drug-likeness (QED) is 0.626. The highest BCUT2D eigenvalue weighted by molar-refractivity contribution is 5.70. The van der Waals surface area contributed by atoms with Crippen molar-refractivity contribution < 1.29 is 9.47 Å². The lowest BCUT2D eigenvalue weighted by Crippen LogP contribution is -2.32. The number of rotatable bonds is 3. The van der Waals surface area contributed by atoms with E-state index in [4.69, 9.17) is 14.5 Å². The Balaban J connectivity index is 1.25. The minimum absolute atomic E-state index is 0.273. The average molecular weight is 445 g/mol. The fraction of sp³-hybridized carbons (Fsp3) is 0.400. The summed E-state index contributed by atoms with van der Waals surface area (Å²) in [6, 6.07) is 6.33. The zero-order chi connectivity index (χ0) is 22.6. The molecule has 2 aromatic heterocycles. The van der Waals surface area contributed by atoms with Crippen molar-refractivity contribution in [3.8, 4) is 5.88 Å². The molecule has 8 heteroatoms. The zero-order valence-electron chi connectivity index (χ0n) is 19.2. The molecule has 0 aliphatic carbocycles. The molecule has 1 aromatic carbocycles. The van der Waals surface area contributed by atoms with E-state index in [-0.39, 0.29) is 5.60 Å². The van der Waals surface area contributed by atoms with Crippen molar-refractivity contribution in [1.29, 1.82) is 0 Å². The van der Waals surface area contributed by atoms with Gasteiger partial charge in [-0.2, -0.15) is 0 Å². The topological polar surface area (TPSA) is 84.4 Å². The summed E-state index contributed by atoms with van der Waals surface area (Å²) in [6.07, 6.45) is 4.77. The second-order valence-electron chi connectivity index (χ2n) is 9.36. The van der Waals surface area contributed by atoms with Crippen LogP contribution in [-0.2, 0) is 29.9 Å². The highest BCUT2D eigenvalue weighted by atomic mass is 16.5. The molecule has 0 saturated carbocycles. The summed E-state index contributed by atoms with van der Waals surface area (Å²) in [7, 11) is 0. The molecule has 0 atom stereocenters. The number of anilines is 4. The van der Waals surface area contributed by atoms with E-state index in [2.05, 4.69) is 64.5 Å². The molecule has 6 rings (SSSR count). The molecule has 0 spiro atoms. The summed E-state index contributed by atoms with van der Waals surface area (Å²) in [4.78, 5) is 16.3. The Morgan fingerprint density at radius 1 is 1.15 bits per heavy atom. The number of benzene rings is 1. The Bertz CT molecular complexity index is 1240. The predicted molar refractivity (Wildman–Crippen MR) is 127 cm³/mol. The van der Waals surface area contributed by atoms with Crippen LogP contribution >= 0.6 is 0 Å². The molecular weight excluding hydrogens is 416 g/mol. The van der Waals surface area contributed by atoms with Crippen molar-refractivity contribution in [1.82, 2.24) is 15.0 Å². The number of nitrogens with zero attached hydrogens (tertiary/aromatic N) is 4. The molecule has 0 bridgehead atoms. The Kier molecular flexibility index (Phi) is 4.65. The summed E-state index contributed by atoms with van der Waals surface area (Å²) in [5, 5.41) is 6.82. The smallest absolute Gasteiger partial charge is 0.237 e. The van der Waals surface area contributed by atoms with Gasteiger partial charge in [-0.15, -0.1) is 0 Å². The summed E-state index contributed by atoms with van der Waals surface area (Å²) in [5.74, 6) is 1.30. The van der Waals surface area contributed by atoms with Gasteiger partial charge >= 0.3 is 0 Å². The van der Waals surface area contributed by atoms with Crippen LogP contribution in [0.25, 0.3) is 0 Å². The van der Waals surface area contributed by atoms with E-state index < -0.39 is 0 Å². The zero-order valence-corrected chi connectivity index (χ0v) is 19.2. The normalized spacial score (nSPS) is 18.0. The van der Waals surface area contributed by atoms with Crippen LogP contribution in [0.3, 0.4) is 0 Å². The Hall–Kier alpha value is -3.39. The van der Waals surface area contributed by atoms with E-state index in [9.17, 15) is 0 Å². The first kappa shape index (κ1) is 20.2. The van der Waals surface area contributed by atoms with E-state index >= 15 is 0 Å². The first-order valence-electron chi connectivity index (χ1n) is 11.5. The van der Waals surface area contributed by atoms with Crippen LogP contribution in [0.1, 0.15) is 41.8 Å². The summed E-state index contributed by atoms with van der Waals surface area (Å²) < 4.78 is 11.6. The molecule has 2 N–H and O–H groups in total. The lowest BCUT2D eigenvalue weighted by molar-refractivity contribution is -0.00787. The van der Waals surface area contributed by atoms with Gasteiger partial charge < -0.3 is 25.0 Å². The molecule has 0 amide bonds. The van der Waals surface area contributed by atoms with Crippen LogP contribution in [0.2, 0.25) is 0 Å². The molecule has 33 heavy (non-hydrogen) atoms. The third kappa shape index (κ3) is 3.54. The largest absolute Gasteiger partial charge is 0.474 e. The number of hydrogen-bond acceptors (Lipinski definition) is 8. The van der Waals surface area contributed by atoms with E-state index in [0.717, 1.165) is 48.8 Å². The maximum absolute atomic E-state index is 5.91. The van der Waals surface area contributed by atoms with Crippen LogP contribution < -0.4 is 20.3 Å². The molecule has 3 aromatic rings. The molecule has 0 fully saturated rings. The van der Waals surface area contributed by atoms with Gasteiger partial charge in [-0.05, 0) is 56.0 Å². The highest BCUT2D eigenvalue weighted by Crippen LogP contribution is 2.38. The molecule has 3 aliphatic rings. The highest BCUT2D eigenvalue weighted by Gasteiger charge is 2.31. The number of nitrogens with one attached hydrogen (secondary N) is 2. The number of hydrogen-bond donors (Lipinski definition) is 2. The van der Waals surface area contributed by atoms with Crippen LogP contribution in [0, 0.1) is 6.92 Å². The number of aromatic nitrogens is 3. The second kappa shape index (κ2) is 7.59. The van der Waals surface area contributed by atoms with Gasteiger partial charge in [0.25, 0.3) is 0 Å². The summed E-state index contributed by atoms with van der Waals surface area (Å²) in [6.45, 7) is 10.1. The van der Waals surface area contributed by atoms with Gasteiger partial charge in [-0.25, -0.2) is 15.0 Å². The molecule has 8 nitrogen and oxygen atoms in total. The first-order chi connectivity index (χ1) is 16.0. The fourth-order valence-electron chi connectivity index (χ4n) is 4.90. The van der Waals surface area contributed by atoms with Crippen molar-refractivity contribution in [3.05, 3.63) is 58.5 Å². The lowest BCUT2D eigenvalue weighted by Gasteiger charge is -2.32. The van der Waals surface area contributed by atoms with Gasteiger partial charge in [0, 0.05) is 30.5 Å². The number of fused-ring (bicyclic) bond motifs is 3. The van der Waals surface area contributed by atoms with Crippen LogP contribution in [0.15, 0.2) is 30.6 Å². The minimum Gasteiger partial charge on any atom is -0.474 e. The number of ether oxygens (including phenoxy) is 2. The van der Waals surface area contributed by atoms with Gasteiger partial charge in [0.15, 0.2) is 0 Å². The Morgan fingerprint density at radius 2 is 2.06 bits per heavy atom. The molecule has 5 heterocycles. The van der Waals surface area contributed by atoms with Crippen molar-refractivity contribution in [3.63, 3.8) is 0 Å². The van der Waals surface area contributed by atoms with E-state index in [1.54, 1.807) is 0 Å². The van der Waals surface area contributed by atoms with Crippen LogP contribution in [-0.4, -0.2) is 34.6 Å². The van der Waals surface area contributed by atoms with Crippen LogP contribution in [0.5, 0.6) is 5.88 Å². The molecule has 170 valence electrons. The summed E-state index contributed by atoms with van der Waals surface area (Å²) in [5.41, 5.74) is 8.68. The van der Waals surface area contributed by atoms with Gasteiger partial charge in [0.05, 0.1) is 36.3 Å². The fourth-order valence-corrected chi connectivity index (χ4v) is 4.90. The van der Waals surface area contributed by atoms with Crippen LogP contribution in [0.4, 0.5) is 23.0 Å². The SMILES string of the molecule is Cc1c(N2CCc3cnc(Nc4ccc5c(c4)C(C)(C)OC5)nc3C2)cnc2c1NCCO2. The van der Waals surface area contributed by atoms with Crippen molar-refractivity contribution in [2.75, 3.05) is 35.2 Å². The van der Waals surface area contributed by atoms with Gasteiger partial charge in [-0.1, -0.05) is 6.07 Å². The summed E-state index contributed by atoms with van der Waals surface area (Å²) >= 11 is 0. The Morgan fingerprint density at radius 3 is 2.97 bits per heavy atom. The third-order valence-corrected chi connectivity index (χ3v) is 6.81. The van der Waals surface area contributed by atoms with Gasteiger partial charge in [0.1, 0.15) is 12.3 Å². The van der Waals surface area contributed by atoms with Gasteiger partial charge in [-0.3, -0.25) is 0 Å². The third-order valence-electron chi connectivity index (χ3n) is 6.81. The van der Waals surface area contributed by atoms with Crippen molar-refractivity contribution >= 4 is 23.0 Å². The Labute approximate surface area is 193 Å². The van der Waals surface area contributed by atoms with Gasteiger partial charge in [0.2, 0.25) is 11.8 Å². The predicted octanol–water partition coefficient (Wildman–Crippen LogP) is 4.06. The average Bonchev–Trinajstić information content (AvgIpc) is 3.13. The molecule has 3 aliphatic heterocycles. The standard InChI is InChI=1S/C25H28N6O2/c1-15-21(12-27-23-22(15)26-7-9-32-23)31-8-6-16-11-28-24(30-20(16)13-31)29-18-5-4-17-14-33-25(2,3)19(17)10-18/h4-5,10-12,26H,6-9,13-14H2,1-3H3,(H,28,29,30). The molecular formula is C25H28N6O2. The van der Waals surface area contributed by atoms with Crippen molar-refractivity contribution in [2.24, 2.45) is 0 Å². The molecule has 0 radical (unpaired) electrons. The first-order valence-corrected chi connectivity index (χ1v) is 11.5. The maximum Gasteiger partial charge on any atom is 0.237 e. The monoisotopic (exact) mass is 444 g/mol. The molecule has 0 unspecified atom stereocenters. The second-order valence-corrected chi connectivity index (χ2v) is 9.36. The van der Waals surface area contributed by atoms with E-state index in [1.807, 2.05) is 12.4 Å². The minimum atomic E-state index is -0.273. The van der Waals surface area contributed by atoms with E-state index in [1.165, 1.54) is 22.3 Å². The van der Waals surface area contributed by atoms with E-state index in [0.29, 0.717) is 25.0 Å². The number of pyridine rings is 1. The maximum atomic E-state index is 5.91.